The van der Waals surface area contributed by atoms with Crippen molar-refractivity contribution >= 4 is 16.7 Å². The van der Waals surface area contributed by atoms with E-state index in [4.69, 9.17) is 4.74 Å². The van der Waals surface area contributed by atoms with Crippen molar-refractivity contribution in [1.82, 2.24) is 10.2 Å². The number of hydrogen-bond acceptors (Lipinski definition) is 3. The molecular formula is C18H22N2O2. The highest BCUT2D eigenvalue weighted by atomic mass is 16.5. The fraction of sp³-hybridized carbons (Fsp3) is 0.389. The van der Waals surface area contributed by atoms with Crippen LogP contribution in [0.5, 0.6) is 0 Å². The number of hydrogen-bond donors (Lipinski definition) is 1. The first-order valence-electron chi connectivity index (χ1n) is 7.73. The van der Waals surface area contributed by atoms with E-state index < -0.39 is 0 Å². The Morgan fingerprint density at radius 2 is 2.05 bits per heavy atom. The summed E-state index contributed by atoms with van der Waals surface area (Å²) in [5.74, 6) is 0.0837. The van der Waals surface area contributed by atoms with E-state index in [-0.39, 0.29) is 18.1 Å². The summed E-state index contributed by atoms with van der Waals surface area (Å²) in [6, 6.07) is 14.3. The van der Waals surface area contributed by atoms with Crippen LogP contribution in [-0.2, 0) is 16.1 Å². The summed E-state index contributed by atoms with van der Waals surface area (Å²) in [7, 11) is 1.85. The van der Waals surface area contributed by atoms with Crippen LogP contribution >= 0.6 is 0 Å². The van der Waals surface area contributed by atoms with E-state index in [1.54, 1.807) is 4.90 Å². The van der Waals surface area contributed by atoms with Crippen molar-refractivity contribution in [3.8, 4) is 0 Å². The molecule has 2 atom stereocenters. The highest BCUT2D eigenvalue weighted by molar-refractivity contribution is 5.84. The van der Waals surface area contributed by atoms with Crippen LogP contribution < -0.4 is 5.32 Å². The molecule has 1 N–H and O–H groups in total. The Bertz CT molecular complexity index is 671. The van der Waals surface area contributed by atoms with Crippen molar-refractivity contribution in [2.24, 2.45) is 0 Å². The van der Waals surface area contributed by atoms with Crippen LogP contribution in [0.1, 0.15) is 12.5 Å². The smallest absolute Gasteiger partial charge is 0.242 e. The zero-order chi connectivity index (χ0) is 15.5. The fourth-order valence-corrected chi connectivity index (χ4v) is 2.94. The molecule has 0 aromatic heterocycles. The molecule has 2 aromatic rings. The SMILES string of the molecule is C[C@H]1OCCN[C@@H]1C(=O)N(C)Cc1ccc2ccccc2c1. The highest BCUT2D eigenvalue weighted by Gasteiger charge is 2.30. The predicted molar refractivity (Wildman–Crippen MR) is 87.6 cm³/mol. The quantitative estimate of drug-likeness (QED) is 0.944. The number of benzene rings is 2. The van der Waals surface area contributed by atoms with Gasteiger partial charge >= 0.3 is 0 Å². The number of nitrogens with one attached hydrogen (secondary N) is 1. The van der Waals surface area contributed by atoms with Gasteiger partial charge in [-0.25, -0.2) is 0 Å². The fourth-order valence-electron chi connectivity index (χ4n) is 2.94. The van der Waals surface area contributed by atoms with Crippen molar-refractivity contribution in [1.29, 1.82) is 0 Å². The molecule has 4 nitrogen and oxygen atoms in total. The number of fused-ring (bicyclic) bond motifs is 1. The minimum atomic E-state index is -0.251. The molecule has 1 fully saturated rings. The molecule has 0 bridgehead atoms. The topological polar surface area (TPSA) is 41.6 Å². The predicted octanol–water partition coefficient (Wildman–Crippen LogP) is 2.18. The van der Waals surface area contributed by atoms with Gasteiger partial charge in [0.2, 0.25) is 5.91 Å². The van der Waals surface area contributed by atoms with Crippen LogP contribution in [0, 0.1) is 0 Å². The monoisotopic (exact) mass is 298 g/mol. The number of rotatable bonds is 3. The molecule has 3 rings (SSSR count). The summed E-state index contributed by atoms with van der Waals surface area (Å²) in [4.78, 5) is 14.3. The lowest BCUT2D eigenvalue weighted by Crippen LogP contribution is -2.55. The van der Waals surface area contributed by atoms with E-state index >= 15 is 0 Å². The van der Waals surface area contributed by atoms with E-state index in [1.165, 1.54) is 10.8 Å². The summed E-state index contributed by atoms with van der Waals surface area (Å²) >= 11 is 0. The van der Waals surface area contributed by atoms with Gasteiger partial charge in [0.15, 0.2) is 0 Å². The third kappa shape index (κ3) is 3.13. The lowest BCUT2D eigenvalue weighted by atomic mass is 10.1. The van der Waals surface area contributed by atoms with Gasteiger partial charge in [-0.05, 0) is 29.3 Å². The van der Waals surface area contributed by atoms with Crippen LogP contribution in [0.25, 0.3) is 10.8 Å². The van der Waals surface area contributed by atoms with Crippen LogP contribution in [0.3, 0.4) is 0 Å². The summed E-state index contributed by atoms with van der Waals surface area (Å²) in [6.07, 6.45) is -0.0831. The van der Waals surface area contributed by atoms with Crippen molar-refractivity contribution < 1.29 is 9.53 Å². The molecule has 2 aromatic carbocycles. The van der Waals surface area contributed by atoms with E-state index in [0.29, 0.717) is 13.2 Å². The van der Waals surface area contributed by atoms with Gasteiger partial charge in [-0.3, -0.25) is 4.79 Å². The number of morpholine rings is 1. The Labute approximate surface area is 131 Å². The summed E-state index contributed by atoms with van der Waals surface area (Å²) in [5, 5.41) is 5.67. The molecule has 116 valence electrons. The van der Waals surface area contributed by atoms with Crippen LogP contribution in [0.4, 0.5) is 0 Å². The molecule has 0 radical (unpaired) electrons. The van der Waals surface area contributed by atoms with Crippen molar-refractivity contribution in [2.75, 3.05) is 20.2 Å². The molecule has 0 aliphatic carbocycles. The molecule has 4 heteroatoms. The van der Waals surface area contributed by atoms with Crippen molar-refractivity contribution in [3.05, 3.63) is 48.0 Å². The van der Waals surface area contributed by atoms with Gasteiger partial charge in [-0.1, -0.05) is 36.4 Å². The minimum absolute atomic E-state index is 0.0831. The second kappa shape index (κ2) is 6.46. The molecule has 1 amide bonds. The van der Waals surface area contributed by atoms with Crippen molar-refractivity contribution in [2.45, 2.75) is 25.6 Å². The van der Waals surface area contributed by atoms with Gasteiger partial charge < -0.3 is 15.0 Å². The van der Waals surface area contributed by atoms with Gasteiger partial charge in [0.25, 0.3) is 0 Å². The number of carbonyl (C=O) groups excluding carboxylic acids is 1. The second-order valence-electron chi connectivity index (χ2n) is 5.88. The number of carbonyl (C=O) groups is 1. The largest absolute Gasteiger partial charge is 0.375 e. The van der Waals surface area contributed by atoms with Gasteiger partial charge in [-0.15, -0.1) is 0 Å². The molecule has 1 aliphatic rings. The van der Waals surface area contributed by atoms with E-state index in [0.717, 1.165) is 12.1 Å². The van der Waals surface area contributed by atoms with Gasteiger partial charge in [0.05, 0.1) is 12.7 Å². The number of likely N-dealkylation sites (N-methyl/N-ethyl adjacent to an activating group) is 1. The van der Waals surface area contributed by atoms with Gasteiger partial charge in [0.1, 0.15) is 6.04 Å². The maximum atomic E-state index is 12.6. The van der Waals surface area contributed by atoms with Crippen LogP contribution in [0.15, 0.2) is 42.5 Å². The van der Waals surface area contributed by atoms with E-state index in [1.807, 2.05) is 26.1 Å². The average molecular weight is 298 g/mol. The van der Waals surface area contributed by atoms with E-state index in [9.17, 15) is 4.79 Å². The summed E-state index contributed by atoms with van der Waals surface area (Å²) in [6.45, 7) is 3.94. The Hall–Kier alpha value is -1.91. The third-order valence-corrected chi connectivity index (χ3v) is 4.19. The Kier molecular flexibility index (Phi) is 4.41. The Morgan fingerprint density at radius 1 is 1.27 bits per heavy atom. The number of ether oxygens (including phenoxy) is 1. The molecule has 0 unspecified atom stereocenters. The maximum Gasteiger partial charge on any atom is 0.242 e. The molecule has 0 saturated carbocycles. The number of nitrogens with zero attached hydrogens (tertiary/aromatic N) is 1. The molecule has 22 heavy (non-hydrogen) atoms. The first-order chi connectivity index (χ1) is 10.6. The lowest BCUT2D eigenvalue weighted by Gasteiger charge is -2.32. The third-order valence-electron chi connectivity index (χ3n) is 4.19. The minimum Gasteiger partial charge on any atom is -0.375 e. The summed E-state index contributed by atoms with van der Waals surface area (Å²) < 4.78 is 5.56. The number of amides is 1. The maximum absolute atomic E-state index is 12.6. The highest BCUT2D eigenvalue weighted by Crippen LogP contribution is 2.17. The zero-order valence-electron chi connectivity index (χ0n) is 13.1. The van der Waals surface area contributed by atoms with Crippen LogP contribution in [-0.4, -0.2) is 43.2 Å². The lowest BCUT2D eigenvalue weighted by molar-refractivity contribution is -0.138. The zero-order valence-corrected chi connectivity index (χ0v) is 13.1. The molecule has 1 saturated heterocycles. The van der Waals surface area contributed by atoms with Gasteiger partial charge in [-0.2, -0.15) is 0 Å². The molecular weight excluding hydrogens is 276 g/mol. The second-order valence-corrected chi connectivity index (χ2v) is 5.88. The van der Waals surface area contributed by atoms with Gasteiger partial charge in [0, 0.05) is 20.1 Å². The first kappa shape index (κ1) is 15.0. The molecule has 1 heterocycles. The van der Waals surface area contributed by atoms with Crippen LogP contribution in [0.2, 0.25) is 0 Å². The molecule has 1 aliphatic heterocycles. The van der Waals surface area contributed by atoms with E-state index in [2.05, 4.69) is 35.6 Å². The Balaban J connectivity index is 1.71. The first-order valence-corrected chi connectivity index (χ1v) is 7.73. The van der Waals surface area contributed by atoms with Crippen molar-refractivity contribution in [3.63, 3.8) is 0 Å². The standard InChI is InChI=1S/C18H22N2O2/c1-13-17(19-9-10-22-13)18(21)20(2)12-14-7-8-15-5-3-4-6-16(15)11-14/h3-8,11,13,17,19H,9-10,12H2,1-2H3/t13-,17+/m1/s1. The summed E-state index contributed by atoms with van der Waals surface area (Å²) in [5.41, 5.74) is 1.14. The average Bonchev–Trinajstić information content (AvgIpc) is 2.54. The normalized spacial score (nSPS) is 21.7. The molecule has 0 spiro atoms. The Morgan fingerprint density at radius 3 is 2.82 bits per heavy atom.